The summed E-state index contributed by atoms with van der Waals surface area (Å²) in [6, 6.07) is 10.4. The van der Waals surface area contributed by atoms with E-state index >= 15 is 0 Å². The van der Waals surface area contributed by atoms with Gasteiger partial charge in [0.15, 0.2) is 0 Å². The van der Waals surface area contributed by atoms with Gasteiger partial charge in [-0.15, -0.1) is 0 Å². The second-order valence-electron chi connectivity index (χ2n) is 5.48. The minimum Gasteiger partial charge on any atom is -0.368 e. The van der Waals surface area contributed by atoms with Crippen LogP contribution in [0.4, 0.5) is 5.69 Å². The van der Waals surface area contributed by atoms with E-state index in [1.54, 1.807) is 0 Å². The summed E-state index contributed by atoms with van der Waals surface area (Å²) in [5.74, 6) is 0.301. The number of hydrogen-bond acceptors (Lipinski definition) is 3. The molecule has 1 saturated heterocycles. The molecule has 0 saturated carbocycles. The summed E-state index contributed by atoms with van der Waals surface area (Å²) in [6.45, 7) is 10.8. The first-order chi connectivity index (χ1) is 10.2. The lowest BCUT2D eigenvalue weighted by Gasteiger charge is -2.36. The summed E-state index contributed by atoms with van der Waals surface area (Å²) >= 11 is 0. The maximum absolute atomic E-state index is 12.3. The van der Waals surface area contributed by atoms with Crippen LogP contribution >= 0.6 is 0 Å². The number of anilines is 1. The van der Waals surface area contributed by atoms with E-state index in [1.807, 2.05) is 11.0 Å². The smallest absolute Gasteiger partial charge is 0.223 e. The van der Waals surface area contributed by atoms with Crippen LogP contribution in [0.2, 0.25) is 0 Å². The molecular formula is C17H27N3O. The number of para-hydroxylation sites is 1. The zero-order valence-corrected chi connectivity index (χ0v) is 13.3. The predicted molar refractivity (Wildman–Crippen MR) is 87.6 cm³/mol. The third-order valence-electron chi connectivity index (χ3n) is 4.29. The third-order valence-corrected chi connectivity index (χ3v) is 4.29. The lowest BCUT2D eigenvalue weighted by atomic mass is 10.2. The van der Waals surface area contributed by atoms with E-state index in [4.69, 9.17) is 0 Å². The van der Waals surface area contributed by atoms with Crippen LogP contribution in [0.1, 0.15) is 20.3 Å². The Morgan fingerprint density at radius 2 is 1.67 bits per heavy atom. The fraction of sp³-hybridized carbons (Fsp3) is 0.588. The monoisotopic (exact) mass is 289 g/mol. The van der Waals surface area contributed by atoms with E-state index in [1.165, 1.54) is 5.69 Å². The molecule has 0 atom stereocenters. The van der Waals surface area contributed by atoms with E-state index in [9.17, 15) is 4.79 Å². The van der Waals surface area contributed by atoms with Gasteiger partial charge in [-0.25, -0.2) is 0 Å². The molecule has 0 aliphatic carbocycles. The predicted octanol–water partition coefficient (Wildman–Crippen LogP) is 2.07. The van der Waals surface area contributed by atoms with Crippen LogP contribution in [0, 0.1) is 0 Å². The zero-order valence-electron chi connectivity index (χ0n) is 13.3. The molecule has 1 amide bonds. The largest absolute Gasteiger partial charge is 0.368 e. The number of carbonyl (C=O) groups excluding carboxylic acids is 1. The van der Waals surface area contributed by atoms with E-state index < -0.39 is 0 Å². The van der Waals surface area contributed by atoms with Crippen LogP contribution < -0.4 is 4.90 Å². The second-order valence-corrected chi connectivity index (χ2v) is 5.48. The first kappa shape index (κ1) is 15.8. The Morgan fingerprint density at radius 1 is 1.05 bits per heavy atom. The molecule has 0 spiro atoms. The van der Waals surface area contributed by atoms with Gasteiger partial charge in [0.05, 0.1) is 0 Å². The second kappa shape index (κ2) is 8.03. The van der Waals surface area contributed by atoms with E-state index in [2.05, 4.69) is 47.9 Å². The summed E-state index contributed by atoms with van der Waals surface area (Å²) in [5.41, 5.74) is 1.26. The summed E-state index contributed by atoms with van der Waals surface area (Å²) in [7, 11) is 0. The van der Waals surface area contributed by atoms with Crippen molar-refractivity contribution in [2.45, 2.75) is 20.3 Å². The molecule has 0 N–H and O–H groups in total. The first-order valence-electron chi connectivity index (χ1n) is 8.04. The number of amides is 1. The van der Waals surface area contributed by atoms with Gasteiger partial charge < -0.3 is 14.7 Å². The lowest BCUT2D eigenvalue weighted by Crippen LogP contribution is -2.49. The highest BCUT2D eigenvalue weighted by Crippen LogP contribution is 2.15. The van der Waals surface area contributed by atoms with Gasteiger partial charge in [-0.3, -0.25) is 4.79 Å². The van der Waals surface area contributed by atoms with Gasteiger partial charge in [0, 0.05) is 44.8 Å². The van der Waals surface area contributed by atoms with Gasteiger partial charge in [0.1, 0.15) is 0 Å². The van der Waals surface area contributed by atoms with Crippen LogP contribution in [-0.4, -0.2) is 61.5 Å². The van der Waals surface area contributed by atoms with Crippen LogP contribution in [0.15, 0.2) is 30.3 Å². The molecular weight excluding hydrogens is 262 g/mol. The van der Waals surface area contributed by atoms with Crippen LogP contribution in [0.3, 0.4) is 0 Å². The molecule has 0 radical (unpaired) electrons. The summed E-state index contributed by atoms with van der Waals surface area (Å²) in [4.78, 5) is 18.9. The Labute approximate surface area is 128 Å². The fourth-order valence-electron chi connectivity index (χ4n) is 2.80. The molecule has 116 valence electrons. The molecule has 4 nitrogen and oxygen atoms in total. The van der Waals surface area contributed by atoms with E-state index in [0.717, 1.165) is 45.8 Å². The van der Waals surface area contributed by atoms with Gasteiger partial charge in [-0.05, 0) is 25.2 Å². The highest BCUT2D eigenvalue weighted by atomic mass is 16.2. The van der Waals surface area contributed by atoms with Gasteiger partial charge in [-0.2, -0.15) is 0 Å². The highest BCUT2D eigenvalue weighted by Gasteiger charge is 2.21. The number of hydrogen-bond donors (Lipinski definition) is 0. The summed E-state index contributed by atoms with van der Waals surface area (Å²) < 4.78 is 0. The average Bonchev–Trinajstić information content (AvgIpc) is 2.56. The maximum atomic E-state index is 12.3. The quantitative estimate of drug-likeness (QED) is 0.802. The number of piperazine rings is 1. The van der Waals surface area contributed by atoms with Crippen molar-refractivity contribution in [1.29, 1.82) is 0 Å². The van der Waals surface area contributed by atoms with E-state index in [0.29, 0.717) is 12.3 Å². The van der Waals surface area contributed by atoms with Gasteiger partial charge in [0.25, 0.3) is 0 Å². The Morgan fingerprint density at radius 3 is 2.24 bits per heavy atom. The van der Waals surface area contributed by atoms with Crippen molar-refractivity contribution in [3.8, 4) is 0 Å². The maximum Gasteiger partial charge on any atom is 0.223 e. The zero-order chi connectivity index (χ0) is 15.1. The van der Waals surface area contributed by atoms with Crippen LogP contribution in [0.25, 0.3) is 0 Å². The Balaban J connectivity index is 1.77. The average molecular weight is 289 g/mol. The normalized spacial score (nSPS) is 15.6. The molecule has 1 aliphatic rings. The lowest BCUT2D eigenvalue weighted by molar-refractivity contribution is -0.131. The Kier molecular flexibility index (Phi) is 6.05. The molecule has 1 aromatic rings. The molecule has 1 aromatic carbocycles. The fourth-order valence-corrected chi connectivity index (χ4v) is 2.80. The third kappa shape index (κ3) is 4.46. The summed E-state index contributed by atoms with van der Waals surface area (Å²) in [6.07, 6.45) is 0.646. The molecule has 0 aromatic heterocycles. The molecule has 0 bridgehead atoms. The van der Waals surface area contributed by atoms with E-state index in [-0.39, 0.29) is 0 Å². The number of rotatable bonds is 6. The molecule has 1 aliphatic heterocycles. The molecule has 0 unspecified atom stereocenters. The minimum atomic E-state index is 0.301. The SMILES string of the molecule is CCN(CC)CCC(=O)N1CCN(c2ccccc2)CC1. The summed E-state index contributed by atoms with van der Waals surface area (Å²) in [5, 5.41) is 0. The van der Waals surface area contributed by atoms with Crippen molar-refractivity contribution >= 4 is 11.6 Å². The Hall–Kier alpha value is -1.55. The number of benzene rings is 1. The minimum absolute atomic E-state index is 0.301. The van der Waals surface area contributed by atoms with Crippen molar-refractivity contribution in [1.82, 2.24) is 9.80 Å². The van der Waals surface area contributed by atoms with Gasteiger partial charge in [0.2, 0.25) is 5.91 Å². The van der Waals surface area contributed by atoms with Crippen molar-refractivity contribution in [3.63, 3.8) is 0 Å². The molecule has 2 rings (SSSR count). The molecule has 1 heterocycles. The topological polar surface area (TPSA) is 26.8 Å². The van der Waals surface area contributed by atoms with Gasteiger partial charge in [-0.1, -0.05) is 32.0 Å². The van der Waals surface area contributed by atoms with Crippen LogP contribution in [-0.2, 0) is 4.79 Å². The highest BCUT2D eigenvalue weighted by molar-refractivity contribution is 5.76. The molecule has 21 heavy (non-hydrogen) atoms. The van der Waals surface area contributed by atoms with Gasteiger partial charge >= 0.3 is 0 Å². The number of nitrogens with zero attached hydrogens (tertiary/aromatic N) is 3. The van der Waals surface area contributed by atoms with Crippen molar-refractivity contribution in [2.75, 3.05) is 50.7 Å². The Bertz CT molecular complexity index is 423. The van der Waals surface area contributed by atoms with Crippen molar-refractivity contribution in [3.05, 3.63) is 30.3 Å². The van der Waals surface area contributed by atoms with Crippen molar-refractivity contribution < 1.29 is 4.79 Å². The molecule has 1 fully saturated rings. The first-order valence-corrected chi connectivity index (χ1v) is 8.04. The van der Waals surface area contributed by atoms with Crippen LogP contribution in [0.5, 0.6) is 0 Å². The number of carbonyl (C=O) groups is 1. The molecule has 4 heteroatoms. The standard InChI is InChI=1S/C17H27N3O/c1-3-18(4-2)11-10-17(21)20-14-12-19(13-15-20)16-8-6-5-7-9-16/h5-9H,3-4,10-15H2,1-2H3. The van der Waals surface area contributed by atoms with Crippen molar-refractivity contribution in [2.24, 2.45) is 0 Å².